The maximum Gasteiger partial charge on any atom is 0.306 e. The van der Waals surface area contributed by atoms with Gasteiger partial charge in [0.2, 0.25) is 5.95 Å². The van der Waals surface area contributed by atoms with Gasteiger partial charge >= 0.3 is 5.97 Å². The molecule has 11 heteroatoms. The van der Waals surface area contributed by atoms with Crippen molar-refractivity contribution < 1.29 is 14.6 Å². The van der Waals surface area contributed by atoms with Gasteiger partial charge in [0, 0.05) is 19.9 Å². The van der Waals surface area contributed by atoms with Crippen LogP contribution in [0.15, 0.2) is 12.1 Å². The molecule has 3 aromatic rings. The molecule has 0 bridgehead atoms. The van der Waals surface area contributed by atoms with Crippen LogP contribution < -0.4 is 10.1 Å². The molecule has 11 nitrogen and oxygen atoms in total. The Labute approximate surface area is 204 Å². The second-order valence-corrected chi connectivity index (χ2v) is 8.78. The Kier molecular flexibility index (Phi) is 7.52. The Balaban J connectivity index is 1.49. The van der Waals surface area contributed by atoms with E-state index >= 15 is 0 Å². The molecule has 186 valence electrons. The fourth-order valence-corrected chi connectivity index (χ4v) is 4.26. The third-order valence-corrected chi connectivity index (χ3v) is 6.27. The predicted octanol–water partition coefficient (Wildman–Crippen LogP) is 3.13. The summed E-state index contributed by atoms with van der Waals surface area (Å²) in [5.74, 6) is 1.61. The van der Waals surface area contributed by atoms with Gasteiger partial charge in [-0.1, -0.05) is 19.1 Å². The fourth-order valence-electron chi connectivity index (χ4n) is 4.26. The second kappa shape index (κ2) is 10.7. The summed E-state index contributed by atoms with van der Waals surface area (Å²) in [6.45, 7) is 6.34. The largest absolute Gasteiger partial charge is 0.489 e. The van der Waals surface area contributed by atoms with E-state index in [-0.39, 0.29) is 12.0 Å². The lowest BCUT2D eigenvalue weighted by molar-refractivity contribution is -0.143. The number of hydrogen-bond acceptors (Lipinski definition) is 9. The van der Waals surface area contributed by atoms with E-state index in [1.165, 1.54) is 0 Å². The average Bonchev–Trinajstić information content (AvgIpc) is 3.23. The highest BCUT2D eigenvalue weighted by Crippen LogP contribution is 2.30. The molecule has 0 saturated heterocycles. The van der Waals surface area contributed by atoms with Crippen molar-refractivity contribution in [1.82, 2.24) is 34.9 Å². The number of hydrogen-bond donors (Lipinski definition) is 2. The van der Waals surface area contributed by atoms with Gasteiger partial charge in [-0.2, -0.15) is 9.97 Å². The minimum Gasteiger partial charge on any atom is -0.489 e. The molecule has 1 fully saturated rings. The van der Waals surface area contributed by atoms with E-state index in [0.29, 0.717) is 42.5 Å². The molecule has 0 aromatic carbocycles. The second-order valence-electron chi connectivity index (χ2n) is 8.78. The first kappa shape index (κ1) is 24.5. The van der Waals surface area contributed by atoms with Crippen molar-refractivity contribution in [2.75, 3.05) is 5.32 Å². The van der Waals surface area contributed by atoms with Crippen LogP contribution in [0.5, 0.6) is 5.75 Å². The van der Waals surface area contributed by atoms with Crippen LogP contribution in [0.1, 0.15) is 62.6 Å². The number of carboxylic acid groups (broad SMARTS) is 1. The van der Waals surface area contributed by atoms with Crippen molar-refractivity contribution in [2.45, 2.75) is 71.9 Å². The van der Waals surface area contributed by atoms with Gasteiger partial charge in [0.25, 0.3) is 0 Å². The lowest BCUT2D eigenvalue weighted by Gasteiger charge is -2.27. The quantitative estimate of drug-likeness (QED) is 0.469. The van der Waals surface area contributed by atoms with Gasteiger partial charge in [-0.25, -0.2) is 14.6 Å². The molecule has 0 unspecified atom stereocenters. The Hall–Kier alpha value is -3.63. The van der Waals surface area contributed by atoms with Gasteiger partial charge in [-0.05, 0) is 44.7 Å². The van der Waals surface area contributed by atoms with Crippen LogP contribution in [0, 0.1) is 12.8 Å². The average molecular weight is 481 g/mol. The number of aliphatic carboxylic acids is 1. The summed E-state index contributed by atoms with van der Waals surface area (Å²) in [5, 5.41) is 21.1. The molecule has 2 atom stereocenters. The molecular weight excluding hydrogens is 448 g/mol. The Bertz CT molecular complexity index is 1170. The SMILES string of the molecule is CCc1nc(CC)nc(NCc2c(-c3ccc(O[C@H]4CCC[C@H](C(=O)O)C4)c(C)n3)nnn2C)n1. The first-order valence-electron chi connectivity index (χ1n) is 12.1. The van der Waals surface area contributed by atoms with Gasteiger partial charge < -0.3 is 15.2 Å². The number of anilines is 1. The molecule has 0 aliphatic heterocycles. The van der Waals surface area contributed by atoms with Gasteiger partial charge in [-0.15, -0.1) is 5.10 Å². The van der Waals surface area contributed by atoms with E-state index in [2.05, 4.69) is 30.6 Å². The minimum absolute atomic E-state index is 0.117. The van der Waals surface area contributed by atoms with Crippen LogP contribution in [0.2, 0.25) is 0 Å². The first-order chi connectivity index (χ1) is 16.9. The number of carboxylic acids is 1. The highest BCUT2D eigenvalue weighted by Gasteiger charge is 2.28. The fraction of sp³-hybridized carbons (Fsp3) is 0.542. The number of nitrogens with one attached hydrogen (secondary N) is 1. The molecule has 2 N–H and O–H groups in total. The summed E-state index contributed by atoms with van der Waals surface area (Å²) < 4.78 is 7.85. The number of pyridine rings is 1. The molecule has 3 heterocycles. The van der Waals surface area contributed by atoms with Gasteiger partial charge in [0.1, 0.15) is 23.1 Å². The number of ether oxygens (including phenoxy) is 1. The molecule has 3 aromatic heterocycles. The van der Waals surface area contributed by atoms with Crippen LogP contribution >= 0.6 is 0 Å². The number of aryl methyl sites for hydroxylation is 4. The van der Waals surface area contributed by atoms with Crippen molar-refractivity contribution in [3.63, 3.8) is 0 Å². The molecular formula is C24H32N8O3. The Morgan fingerprint density at radius 3 is 2.54 bits per heavy atom. The molecule has 1 saturated carbocycles. The van der Waals surface area contributed by atoms with E-state index in [1.54, 1.807) is 4.68 Å². The summed E-state index contributed by atoms with van der Waals surface area (Å²) in [5.41, 5.74) is 2.92. The van der Waals surface area contributed by atoms with E-state index in [0.717, 1.165) is 48.7 Å². The predicted molar refractivity (Wildman–Crippen MR) is 129 cm³/mol. The summed E-state index contributed by atoms with van der Waals surface area (Å²) in [4.78, 5) is 29.5. The normalized spacial score (nSPS) is 17.8. The maximum absolute atomic E-state index is 11.4. The third kappa shape index (κ3) is 5.72. The smallest absolute Gasteiger partial charge is 0.306 e. The van der Waals surface area contributed by atoms with E-state index in [9.17, 15) is 9.90 Å². The standard InChI is InChI=1S/C24H32N8O3/c1-5-20-27-21(6-2)29-24(28-20)25-13-18-22(30-31-32(18)4)17-10-11-19(14(3)26-17)35-16-9-7-8-15(12-16)23(33)34/h10-11,15-16H,5-9,12-13H2,1-4H3,(H,33,34)(H,25,27,28,29)/t15-,16-/m0/s1. The van der Waals surface area contributed by atoms with Gasteiger partial charge in [0.05, 0.1) is 35.6 Å². The number of nitrogens with zero attached hydrogens (tertiary/aromatic N) is 7. The van der Waals surface area contributed by atoms with E-state index < -0.39 is 5.97 Å². The third-order valence-electron chi connectivity index (χ3n) is 6.27. The monoisotopic (exact) mass is 480 g/mol. The molecule has 35 heavy (non-hydrogen) atoms. The lowest BCUT2D eigenvalue weighted by atomic mass is 9.87. The molecule has 0 amide bonds. The van der Waals surface area contributed by atoms with Gasteiger partial charge in [-0.3, -0.25) is 4.79 Å². The number of rotatable bonds is 9. The van der Waals surface area contributed by atoms with Crippen LogP contribution in [-0.2, 0) is 31.2 Å². The Morgan fingerprint density at radius 2 is 1.89 bits per heavy atom. The van der Waals surface area contributed by atoms with Crippen LogP contribution in [0.4, 0.5) is 5.95 Å². The van der Waals surface area contributed by atoms with E-state index in [1.807, 2.05) is 40.0 Å². The number of aromatic nitrogens is 7. The van der Waals surface area contributed by atoms with Crippen LogP contribution in [0.25, 0.3) is 11.4 Å². The summed E-state index contributed by atoms with van der Waals surface area (Å²) in [7, 11) is 1.84. The zero-order chi connectivity index (χ0) is 24.9. The van der Waals surface area contributed by atoms with Crippen molar-refractivity contribution in [3.8, 4) is 17.1 Å². The maximum atomic E-state index is 11.4. The van der Waals surface area contributed by atoms with Crippen LogP contribution in [-0.4, -0.2) is 52.1 Å². The van der Waals surface area contributed by atoms with Crippen LogP contribution in [0.3, 0.4) is 0 Å². The molecule has 0 radical (unpaired) electrons. The zero-order valence-corrected chi connectivity index (χ0v) is 20.7. The summed E-state index contributed by atoms with van der Waals surface area (Å²) in [6.07, 6.45) is 4.28. The molecule has 4 rings (SSSR count). The topological polar surface area (TPSA) is 141 Å². The molecule has 1 aliphatic carbocycles. The number of carbonyl (C=O) groups is 1. The van der Waals surface area contributed by atoms with Crippen molar-refractivity contribution in [1.29, 1.82) is 0 Å². The van der Waals surface area contributed by atoms with Gasteiger partial charge in [0.15, 0.2) is 0 Å². The highest BCUT2D eigenvalue weighted by molar-refractivity contribution is 5.70. The Morgan fingerprint density at radius 1 is 1.14 bits per heavy atom. The van der Waals surface area contributed by atoms with Crippen molar-refractivity contribution >= 4 is 11.9 Å². The van der Waals surface area contributed by atoms with Crippen molar-refractivity contribution in [2.24, 2.45) is 13.0 Å². The minimum atomic E-state index is -0.749. The first-order valence-corrected chi connectivity index (χ1v) is 12.1. The van der Waals surface area contributed by atoms with E-state index in [4.69, 9.17) is 9.72 Å². The van der Waals surface area contributed by atoms with Crippen molar-refractivity contribution in [3.05, 3.63) is 35.2 Å². The molecule has 0 spiro atoms. The summed E-state index contributed by atoms with van der Waals surface area (Å²) in [6, 6.07) is 3.74. The summed E-state index contributed by atoms with van der Waals surface area (Å²) >= 11 is 0. The molecule has 1 aliphatic rings. The zero-order valence-electron chi connectivity index (χ0n) is 20.7. The lowest BCUT2D eigenvalue weighted by Crippen LogP contribution is -2.29. The highest BCUT2D eigenvalue weighted by atomic mass is 16.5.